The molecule has 0 saturated carbocycles. The highest BCUT2D eigenvalue weighted by Crippen LogP contribution is 2.22. The average molecular weight is 479 g/mol. The van der Waals surface area contributed by atoms with Crippen LogP contribution in [0, 0.1) is 26.6 Å². The summed E-state index contributed by atoms with van der Waals surface area (Å²) in [5, 5.41) is 0.843. The van der Waals surface area contributed by atoms with E-state index < -0.39 is 15.8 Å². The maximum atomic E-state index is 13.5. The second kappa shape index (κ2) is 9.52. The molecule has 0 unspecified atom stereocenters. The Labute approximate surface area is 198 Å². The van der Waals surface area contributed by atoms with Crippen molar-refractivity contribution in [1.82, 2.24) is 9.29 Å². The molecule has 5 nitrogen and oxygen atoms in total. The van der Waals surface area contributed by atoms with Crippen molar-refractivity contribution in [3.63, 3.8) is 0 Å². The Kier molecular flexibility index (Phi) is 6.68. The highest BCUT2D eigenvalue weighted by molar-refractivity contribution is 7.89. The van der Waals surface area contributed by atoms with Crippen molar-refractivity contribution < 1.29 is 12.8 Å². The van der Waals surface area contributed by atoms with Gasteiger partial charge in [0, 0.05) is 24.2 Å². The number of sulfonamides is 1. The molecule has 4 aromatic rings. The zero-order valence-corrected chi connectivity index (χ0v) is 20.2. The molecule has 1 heterocycles. The lowest BCUT2D eigenvalue weighted by Gasteiger charge is -2.22. The van der Waals surface area contributed by atoms with E-state index in [1.165, 1.54) is 16.4 Å². The van der Waals surface area contributed by atoms with Gasteiger partial charge < -0.3 is 4.98 Å². The molecule has 0 atom stereocenters. The van der Waals surface area contributed by atoms with E-state index in [2.05, 4.69) is 4.98 Å². The lowest BCUT2D eigenvalue weighted by atomic mass is 10.0. The van der Waals surface area contributed by atoms with Crippen LogP contribution in [0.15, 0.2) is 76.4 Å². The summed E-state index contributed by atoms with van der Waals surface area (Å²) in [6.45, 7) is 6.03. The quantitative estimate of drug-likeness (QED) is 0.405. The maximum absolute atomic E-state index is 13.5. The number of fused-ring (bicyclic) bond motifs is 1. The number of nitrogens with zero attached hydrogens (tertiary/aromatic N) is 1. The van der Waals surface area contributed by atoms with E-state index >= 15 is 0 Å². The molecule has 34 heavy (non-hydrogen) atoms. The monoisotopic (exact) mass is 478 g/mol. The van der Waals surface area contributed by atoms with Gasteiger partial charge in [-0.2, -0.15) is 4.31 Å². The van der Waals surface area contributed by atoms with E-state index in [0.717, 1.165) is 39.8 Å². The highest BCUT2D eigenvalue weighted by atomic mass is 32.2. The van der Waals surface area contributed by atoms with E-state index in [1.54, 1.807) is 6.07 Å². The van der Waals surface area contributed by atoms with Crippen LogP contribution in [-0.4, -0.2) is 24.3 Å². The number of aromatic nitrogens is 1. The van der Waals surface area contributed by atoms with Crippen molar-refractivity contribution in [1.29, 1.82) is 0 Å². The van der Waals surface area contributed by atoms with Gasteiger partial charge >= 0.3 is 0 Å². The minimum Gasteiger partial charge on any atom is -0.322 e. The van der Waals surface area contributed by atoms with Gasteiger partial charge in [-0.05, 0) is 91.7 Å². The summed E-state index contributed by atoms with van der Waals surface area (Å²) in [7, 11) is -3.97. The molecule has 0 aliphatic carbocycles. The Balaban J connectivity index is 1.73. The molecule has 0 radical (unpaired) electrons. The van der Waals surface area contributed by atoms with Crippen LogP contribution in [0.4, 0.5) is 4.39 Å². The first-order valence-corrected chi connectivity index (χ1v) is 12.5. The Morgan fingerprint density at radius 2 is 1.62 bits per heavy atom. The molecule has 0 fully saturated rings. The topological polar surface area (TPSA) is 70.2 Å². The first kappa shape index (κ1) is 23.9. The van der Waals surface area contributed by atoms with Gasteiger partial charge in [-0.25, -0.2) is 12.8 Å². The van der Waals surface area contributed by atoms with Crippen molar-refractivity contribution in [2.24, 2.45) is 0 Å². The summed E-state index contributed by atoms with van der Waals surface area (Å²) in [4.78, 5) is 15.7. The van der Waals surface area contributed by atoms with E-state index in [0.29, 0.717) is 17.5 Å². The molecule has 1 aromatic heterocycles. The van der Waals surface area contributed by atoms with Crippen molar-refractivity contribution in [2.75, 3.05) is 6.54 Å². The number of benzene rings is 3. The van der Waals surface area contributed by atoms with E-state index in [-0.39, 0.29) is 23.5 Å². The fourth-order valence-corrected chi connectivity index (χ4v) is 5.41. The normalized spacial score (nSPS) is 11.9. The molecule has 1 N–H and O–H groups in total. The Morgan fingerprint density at radius 3 is 2.32 bits per heavy atom. The molecular formula is C27H27FN2O3S. The molecular weight excluding hydrogens is 451 g/mol. The summed E-state index contributed by atoms with van der Waals surface area (Å²) in [6.07, 6.45) is 0.478. The van der Waals surface area contributed by atoms with Crippen molar-refractivity contribution >= 4 is 20.9 Å². The summed E-state index contributed by atoms with van der Waals surface area (Å²) in [6, 6.07) is 18.3. The highest BCUT2D eigenvalue weighted by Gasteiger charge is 2.26. The van der Waals surface area contributed by atoms with Gasteiger partial charge in [-0.15, -0.1) is 0 Å². The predicted molar refractivity (Wildman–Crippen MR) is 133 cm³/mol. The van der Waals surface area contributed by atoms with Gasteiger partial charge in [0.2, 0.25) is 10.0 Å². The van der Waals surface area contributed by atoms with Crippen LogP contribution in [0.2, 0.25) is 0 Å². The number of halogens is 1. The molecule has 4 rings (SSSR count). The fourth-order valence-electron chi connectivity index (χ4n) is 3.99. The van der Waals surface area contributed by atoms with Crippen LogP contribution in [0.5, 0.6) is 0 Å². The van der Waals surface area contributed by atoms with E-state index in [4.69, 9.17) is 0 Å². The fraction of sp³-hybridized carbons (Fsp3) is 0.222. The lowest BCUT2D eigenvalue weighted by Crippen LogP contribution is -2.34. The molecule has 0 amide bonds. The second-order valence-corrected chi connectivity index (χ2v) is 10.6. The number of aromatic amines is 1. The zero-order chi connectivity index (χ0) is 24.5. The van der Waals surface area contributed by atoms with Crippen molar-refractivity contribution in [2.45, 2.75) is 38.6 Å². The average Bonchev–Trinajstić information content (AvgIpc) is 2.78. The maximum Gasteiger partial charge on any atom is 0.252 e. The molecule has 3 aromatic carbocycles. The first-order chi connectivity index (χ1) is 16.1. The molecule has 0 aliphatic rings. The van der Waals surface area contributed by atoms with E-state index in [9.17, 15) is 17.6 Å². The predicted octanol–water partition coefficient (Wildman–Crippen LogP) is 5.03. The number of nitrogens with one attached hydrogen (secondary N) is 1. The van der Waals surface area contributed by atoms with Gasteiger partial charge in [0.15, 0.2) is 0 Å². The molecule has 0 saturated heterocycles. The first-order valence-electron chi connectivity index (χ1n) is 11.1. The van der Waals surface area contributed by atoms with Crippen LogP contribution in [-0.2, 0) is 23.0 Å². The van der Waals surface area contributed by atoms with Gasteiger partial charge in [0.25, 0.3) is 5.56 Å². The Bertz CT molecular complexity index is 1510. The van der Waals surface area contributed by atoms with Gasteiger partial charge in [0.1, 0.15) is 5.82 Å². The summed E-state index contributed by atoms with van der Waals surface area (Å²) in [5.41, 5.74) is 4.97. The third-order valence-electron chi connectivity index (χ3n) is 6.07. The zero-order valence-electron chi connectivity index (χ0n) is 19.4. The molecule has 176 valence electrons. The SMILES string of the molecule is Cc1cccc(CCN(Cc2cc3cc(C)c(C)cc3[nH]c2=O)S(=O)(=O)c2ccc(F)cc2)c1. The van der Waals surface area contributed by atoms with Gasteiger partial charge in [-0.1, -0.05) is 29.8 Å². The second-order valence-electron chi connectivity index (χ2n) is 8.68. The number of rotatable bonds is 7. The number of pyridine rings is 1. The van der Waals surface area contributed by atoms with Crippen LogP contribution < -0.4 is 5.56 Å². The number of H-pyrrole nitrogens is 1. The number of aryl methyl sites for hydroxylation is 3. The standard InChI is InChI=1S/C27H27FN2O3S/c1-18-5-4-6-21(13-18)11-12-30(34(32,33)25-9-7-24(28)8-10-25)17-23-16-22-14-19(2)20(3)15-26(22)29-27(23)31/h4-10,13-16H,11-12,17H2,1-3H3,(H,29,31). The summed E-state index contributed by atoms with van der Waals surface area (Å²) >= 11 is 0. The minimum absolute atomic E-state index is 0.0122. The Hall–Kier alpha value is -3.29. The van der Waals surface area contributed by atoms with Gasteiger partial charge in [-0.3, -0.25) is 4.79 Å². The minimum atomic E-state index is -3.97. The summed E-state index contributed by atoms with van der Waals surface area (Å²) in [5.74, 6) is -0.512. The van der Waals surface area contributed by atoms with E-state index in [1.807, 2.05) is 57.2 Å². The van der Waals surface area contributed by atoms with Crippen LogP contribution in [0.3, 0.4) is 0 Å². The van der Waals surface area contributed by atoms with Crippen LogP contribution in [0.25, 0.3) is 10.9 Å². The molecule has 7 heteroatoms. The Morgan fingerprint density at radius 1 is 0.912 bits per heavy atom. The molecule has 0 spiro atoms. The number of hydrogen-bond donors (Lipinski definition) is 1. The molecule has 0 aliphatic heterocycles. The third kappa shape index (κ3) is 5.11. The number of hydrogen-bond acceptors (Lipinski definition) is 3. The lowest BCUT2D eigenvalue weighted by molar-refractivity contribution is 0.408. The smallest absolute Gasteiger partial charge is 0.252 e. The van der Waals surface area contributed by atoms with Crippen molar-refractivity contribution in [3.05, 3.63) is 111 Å². The van der Waals surface area contributed by atoms with Crippen LogP contribution >= 0.6 is 0 Å². The van der Waals surface area contributed by atoms with Crippen LogP contribution in [0.1, 0.15) is 27.8 Å². The van der Waals surface area contributed by atoms with Gasteiger partial charge in [0.05, 0.1) is 4.90 Å². The summed E-state index contributed by atoms with van der Waals surface area (Å²) < 4.78 is 41.7. The molecule has 0 bridgehead atoms. The van der Waals surface area contributed by atoms with Crippen molar-refractivity contribution in [3.8, 4) is 0 Å². The third-order valence-corrected chi connectivity index (χ3v) is 7.93. The largest absolute Gasteiger partial charge is 0.322 e.